The van der Waals surface area contributed by atoms with E-state index in [0.717, 1.165) is 36.7 Å². The quantitative estimate of drug-likeness (QED) is 0.740. The zero-order valence-electron chi connectivity index (χ0n) is 18.2. The van der Waals surface area contributed by atoms with Crippen LogP contribution in [0.25, 0.3) is 0 Å². The highest BCUT2D eigenvalue weighted by Crippen LogP contribution is 2.28. The number of piperazine rings is 1. The average molecular weight is 436 g/mol. The molecule has 0 unspecified atom stereocenters. The number of Topliss-reactive ketones (excluding diaryl/α,β-unsaturated/α-hetero) is 1. The Labute approximate surface area is 188 Å². The van der Waals surface area contributed by atoms with E-state index < -0.39 is 0 Å². The van der Waals surface area contributed by atoms with Gasteiger partial charge in [0.1, 0.15) is 18.1 Å². The van der Waals surface area contributed by atoms with E-state index in [1.54, 1.807) is 0 Å². The van der Waals surface area contributed by atoms with Crippen molar-refractivity contribution in [1.29, 1.82) is 0 Å². The summed E-state index contributed by atoms with van der Waals surface area (Å²) >= 11 is 0. The number of piperidine rings is 1. The standard InChI is InChI=1S/C25H29N3O4/c29-21-16-19-17-28(11-10-24(19)31-18-21)25(30)27-14-12-26(13-15-27)20-6-8-23(9-7-20)32-22-4-2-1-3-5-22/h1-9,19,24H,10-18H2/t19-,24+/m1/s1. The minimum Gasteiger partial charge on any atom is -0.457 e. The molecule has 0 radical (unpaired) electrons. The fraction of sp³-hybridized carbons (Fsp3) is 0.440. The van der Waals surface area contributed by atoms with Crippen LogP contribution in [0, 0.1) is 5.92 Å². The van der Waals surface area contributed by atoms with E-state index in [1.807, 2.05) is 52.3 Å². The largest absolute Gasteiger partial charge is 0.457 e. The Morgan fingerprint density at radius 3 is 2.34 bits per heavy atom. The Balaban J connectivity index is 1.13. The minimum atomic E-state index is 0.0905. The van der Waals surface area contributed by atoms with Crippen LogP contribution in [0.1, 0.15) is 12.8 Å². The van der Waals surface area contributed by atoms with Crippen LogP contribution in [0.3, 0.4) is 0 Å². The number of benzene rings is 2. The molecular weight excluding hydrogens is 406 g/mol. The SMILES string of the molecule is O=C1CO[C@H]2CCN(C(=O)N3CCN(c4ccc(Oc5ccccc5)cc4)CC3)C[C@H]2C1. The van der Waals surface area contributed by atoms with Crippen LogP contribution in [-0.4, -0.2) is 73.6 Å². The molecular formula is C25H29N3O4. The van der Waals surface area contributed by atoms with Gasteiger partial charge in [0, 0.05) is 57.3 Å². The van der Waals surface area contributed by atoms with Gasteiger partial charge in [0.2, 0.25) is 0 Å². The molecule has 0 saturated carbocycles. The fourth-order valence-electron chi connectivity index (χ4n) is 4.86. The molecule has 0 aromatic heterocycles. The lowest BCUT2D eigenvalue weighted by atomic mass is 9.88. The summed E-state index contributed by atoms with van der Waals surface area (Å²) in [6, 6.07) is 17.9. The van der Waals surface area contributed by atoms with Gasteiger partial charge in [-0.05, 0) is 42.8 Å². The molecule has 3 saturated heterocycles. The number of likely N-dealkylation sites (tertiary alicyclic amines) is 1. The van der Waals surface area contributed by atoms with Crippen molar-refractivity contribution in [2.24, 2.45) is 5.92 Å². The van der Waals surface area contributed by atoms with Gasteiger partial charge in [-0.25, -0.2) is 4.79 Å². The molecule has 3 fully saturated rings. The van der Waals surface area contributed by atoms with Crippen LogP contribution in [0.4, 0.5) is 10.5 Å². The molecule has 2 atom stereocenters. The van der Waals surface area contributed by atoms with E-state index in [-0.39, 0.29) is 30.4 Å². The maximum atomic E-state index is 13.1. The van der Waals surface area contributed by atoms with Gasteiger partial charge in [-0.3, -0.25) is 4.79 Å². The summed E-state index contributed by atoms with van der Waals surface area (Å²) in [6.45, 7) is 4.55. The molecule has 32 heavy (non-hydrogen) atoms. The van der Waals surface area contributed by atoms with Gasteiger partial charge in [0.05, 0.1) is 6.10 Å². The maximum absolute atomic E-state index is 13.1. The van der Waals surface area contributed by atoms with Gasteiger partial charge in [-0.2, -0.15) is 0 Å². The van der Waals surface area contributed by atoms with Crippen LogP contribution in [-0.2, 0) is 9.53 Å². The molecule has 7 heteroatoms. The lowest BCUT2D eigenvalue weighted by Gasteiger charge is -2.43. The molecule has 2 aromatic rings. The molecule has 2 amide bonds. The van der Waals surface area contributed by atoms with Crippen molar-refractivity contribution in [3.8, 4) is 11.5 Å². The summed E-state index contributed by atoms with van der Waals surface area (Å²) in [6.07, 6.45) is 1.48. The minimum absolute atomic E-state index is 0.0905. The van der Waals surface area contributed by atoms with Crippen molar-refractivity contribution >= 4 is 17.5 Å². The number of nitrogens with zero attached hydrogens (tertiary/aromatic N) is 3. The molecule has 2 aromatic carbocycles. The number of hydrogen-bond acceptors (Lipinski definition) is 5. The first-order chi connectivity index (χ1) is 15.7. The third-order valence-electron chi connectivity index (χ3n) is 6.61. The second-order valence-corrected chi connectivity index (χ2v) is 8.75. The van der Waals surface area contributed by atoms with Crippen molar-refractivity contribution in [2.45, 2.75) is 18.9 Å². The van der Waals surface area contributed by atoms with Crippen LogP contribution >= 0.6 is 0 Å². The first kappa shape index (κ1) is 20.8. The normalized spacial score (nSPS) is 23.6. The summed E-state index contributed by atoms with van der Waals surface area (Å²) in [4.78, 5) is 30.9. The molecule has 5 rings (SSSR count). The number of anilines is 1. The molecule has 3 heterocycles. The Kier molecular flexibility index (Phi) is 5.99. The third kappa shape index (κ3) is 4.58. The van der Waals surface area contributed by atoms with Gasteiger partial charge >= 0.3 is 6.03 Å². The van der Waals surface area contributed by atoms with Crippen molar-refractivity contribution < 1.29 is 19.1 Å². The number of ether oxygens (including phenoxy) is 2. The highest BCUT2D eigenvalue weighted by molar-refractivity contribution is 5.81. The van der Waals surface area contributed by atoms with E-state index in [9.17, 15) is 9.59 Å². The molecule has 0 N–H and O–H groups in total. The van der Waals surface area contributed by atoms with Crippen molar-refractivity contribution in [3.05, 3.63) is 54.6 Å². The third-order valence-corrected chi connectivity index (χ3v) is 6.61. The van der Waals surface area contributed by atoms with Gasteiger partial charge < -0.3 is 24.2 Å². The highest BCUT2D eigenvalue weighted by atomic mass is 16.5. The smallest absolute Gasteiger partial charge is 0.320 e. The highest BCUT2D eigenvalue weighted by Gasteiger charge is 2.38. The lowest BCUT2D eigenvalue weighted by molar-refractivity contribution is -0.139. The van der Waals surface area contributed by atoms with Gasteiger partial charge in [0.15, 0.2) is 5.78 Å². The number of ketones is 1. The topological polar surface area (TPSA) is 62.3 Å². The molecule has 0 aliphatic carbocycles. The lowest BCUT2D eigenvalue weighted by Crippen LogP contribution is -2.57. The predicted octanol–water partition coefficient (Wildman–Crippen LogP) is 3.40. The molecule has 0 bridgehead atoms. The van der Waals surface area contributed by atoms with Crippen LogP contribution in [0.15, 0.2) is 54.6 Å². The maximum Gasteiger partial charge on any atom is 0.320 e. The molecule has 0 spiro atoms. The Morgan fingerprint density at radius 1 is 0.875 bits per heavy atom. The number of urea groups is 1. The van der Waals surface area contributed by atoms with E-state index in [0.29, 0.717) is 32.6 Å². The summed E-state index contributed by atoms with van der Waals surface area (Å²) < 4.78 is 11.5. The first-order valence-electron chi connectivity index (χ1n) is 11.4. The van der Waals surface area contributed by atoms with Gasteiger partial charge in [0.25, 0.3) is 0 Å². The number of carbonyl (C=O) groups is 2. The van der Waals surface area contributed by atoms with Crippen LogP contribution in [0.5, 0.6) is 11.5 Å². The van der Waals surface area contributed by atoms with E-state index in [2.05, 4.69) is 17.0 Å². The fourth-order valence-corrected chi connectivity index (χ4v) is 4.86. The van der Waals surface area contributed by atoms with E-state index in [1.165, 1.54) is 0 Å². The molecule has 3 aliphatic heterocycles. The monoisotopic (exact) mass is 435 g/mol. The van der Waals surface area contributed by atoms with E-state index in [4.69, 9.17) is 9.47 Å². The van der Waals surface area contributed by atoms with Crippen molar-refractivity contribution in [3.63, 3.8) is 0 Å². The van der Waals surface area contributed by atoms with Crippen molar-refractivity contribution in [2.75, 3.05) is 50.8 Å². The number of para-hydroxylation sites is 1. The second kappa shape index (κ2) is 9.20. The zero-order chi connectivity index (χ0) is 21.9. The molecule has 7 nitrogen and oxygen atoms in total. The summed E-state index contributed by atoms with van der Waals surface area (Å²) in [5.41, 5.74) is 1.14. The number of rotatable bonds is 3. The van der Waals surface area contributed by atoms with Crippen LogP contribution < -0.4 is 9.64 Å². The molecule has 168 valence electrons. The number of fused-ring (bicyclic) bond motifs is 1. The number of amides is 2. The zero-order valence-corrected chi connectivity index (χ0v) is 18.2. The van der Waals surface area contributed by atoms with Crippen LogP contribution in [0.2, 0.25) is 0 Å². The number of hydrogen-bond donors (Lipinski definition) is 0. The summed E-state index contributed by atoms with van der Waals surface area (Å²) in [5.74, 6) is 1.92. The predicted molar refractivity (Wildman–Crippen MR) is 121 cm³/mol. The second-order valence-electron chi connectivity index (χ2n) is 8.75. The van der Waals surface area contributed by atoms with E-state index >= 15 is 0 Å². The summed E-state index contributed by atoms with van der Waals surface area (Å²) in [5, 5.41) is 0. The number of carbonyl (C=O) groups excluding carboxylic acids is 2. The van der Waals surface area contributed by atoms with Crippen molar-refractivity contribution in [1.82, 2.24) is 9.80 Å². The van der Waals surface area contributed by atoms with Gasteiger partial charge in [-0.1, -0.05) is 18.2 Å². The first-order valence-corrected chi connectivity index (χ1v) is 11.4. The average Bonchev–Trinajstić information content (AvgIpc) is 2.84. The summed E-state index contributed by atoms with van der Waals surface area (Å²) in [7, 11) is 0. The Morgan fingerprint density at radius 2 is 1.59 bits per heavy atom. The molecule has 3 aliphatic rings. The Bertz CT molecular complexity index is 941. The Hall–Kier alpha value is -3.06. The van der Waals surface area contributed by atoms with Gasteiger partial charge in [-0.15, -0.1) is 0 Å².